The van der Waals surface area contributed by atoms with Crippen molar-refractivity contribution in [1.29, 1.82) is 0 Å². The number of anilines is 1. The fourth-order valence-corrected chi connectivity index (χ4v) is 1.64. The molecule has 0 aliphatic rings. The summed E-state index contributed by atoms with van der Waals surface area (Å²) in [4.78, 5) is 12.1. The molecule has 2 aromatic rings. The lowest BCUT2D eigenvalue weighted by Crippen LogP contribution is -2.16. The molecule has 1 amide bonds. The van der Waals surface area contributed by atoms with Crippen molar-refractivity contribution in [3.05, 3.63) is 46.6 Å². The summed E-state index contributed by atoms with van der Waals surface area (Å²) in [5.41, 5.74) is 6.46. The number of nitrogens with zero attached hydrogens (tertiary/aromatic N) is 1. The Bertz CT molecular complexity index is 593. The van der Waals surface area contributed by atoms with Crippen molar-refractivity contribution in [3.8, 4) is 0 Å². The van der Waals surface area contributed by atoms with Gasteiger partial charge in [-0.2, -0.15) is 5.10 Å². The number of rotatable bonds is 3. The second kappa shape index (κ2) is 5.16. The van der Waals surface area contributed by atoms with Crippen LogP contribution in [0.5, 0.6) is 0 Å². The first-order chi connectivity index (χ1) is 8.58. The molecule has 0 fully saturated rings. The Morgan fingerprint density at radius 3 is 2.67 bits per heavy atom. The fourth-order valence-electron chi connectivity index (χ4n) is 1.36. The molecule has 0 radical (unpaired) electrons. The number of nitrogens with two attached hydrogens (primary N) is 1. The normalized spacial score (nSPS) is 10.1. The number of aromatic nitrogens is 2. The van der Waals surface area contributed by atoms with Crippen LogP contribution in [0.15, 0.2) is 30.5 Å². The summed E-state index contributed by atoms with van der Waals surface area (Å²) in [6, 6.07) is 6.51. The van der Waals surface area contributed by atoms with Gasteiger partial charge in [0.15, 0.2) is 0 Å². The van der Waals surface area contributed by atoms with E-state index in [2.05, 4.69) is 15.5 Å². The summed E-state index contributed by atoms with van der Waals surface area (Å²) in [5, 5.41) is 9.61. The van der Waals surface area contributed by atoms with Crippen LogP contribution in [-0.2, 0) is 0 Å². The van der Waals surface area contributed by atoms with E-state index < -0.39 is 0 Å². The van der Waals surface area contributed by atoms with Gasteiger partial charge in [-0.05, 0) is 24.3 Å². The molecule has 0 aliphatic heterocycles. The zero-order valence-corrected chi connectivity index (χ0v) is 10.7. The zero-order valence-electron chi connectivity index (χ0n) is 9.11. The molecule has 0 spiro atoms. The minimum absolute atomic E-state index is 0.162. The summed E-state index contributed by atoms with van der Waals surface area (Å²) in [7, 11) is 0. The lowest BCUT2D eigenvalue weighted by Gasteiger charge is -2.04. The van der Waals surface area contributed by atoms with Crippen molar-refractivity contribution in [3.63, 3.8) is 0 Å². The molecule has 0 aliphatic carbocycles. The van der Waals surface area contributed by atoms with E-state index in [1.165, 1.54) is 6.20 Å². The minimum Gasteiger partial charge on any atom is -0.389 e. The van der Waals surface area contributed by atoms with E-state index in [-0.39, 0.29) is 10.9 Å². The summed E-state index contributed by atoms with van der Waals surface area (Å²) >= 11 is 10.6. The molecule has 7 heteroatoms. The van der Waals surface area contributed by atoms with Gasteiger partial charge in [-0.1, -0.05) is 23.8 Å². The van der Waals surface area contributed by atoms with Gasteiger partial charge in [-0.3, -0.25) is 9.89 Å². The minimum atomic E-state index is -0.298. The number of aromatic amines is 1. The molecule has 5 nitrogen and oxygen atoms in total. The quantitative estimate of drug-likeness (QED) is 0.751. The molecule has 0 unspecified atom stereocenters. The van der Waals surface area contributed by atoms with E-state index in [1.54, 1.807) is 24.3 Å². The Balaban J connectivity index is 2.19. The predicted molar refractivity (Wildman–Crippen MR) is 73.9 cm³/mol. The van der Waals surface area contributed by atoms with Crippen LogP contribution >= 0.6 is 23.8 Å². The highest BCUT2D eigenvalue weighted by Gasteiger charge is 2.12. The van der Waals surface area contributed by atoms with Crippen molar-refractivity contribution < 1.29 is 4.79 Å². The highest BCUT2D eigenvalue weighted by molar-refractivity contribution is 7.80. The first-order valence-corrected chi connectivity index (χ1v) is 5.76. The van der Waals surface area contributed by atoms with Crippen LogP contribution in [-0.4, -0.2) is 21.1 Å². The molecule has 18 heavy (non-hydrogen) atoms. The van der Waals surface area contributed by atoms with Crippen molar-refractivity contribution in [2.75, 3.05) is 5.32 Å². The maximum absolute atomic E-state index is 11.9. The van der Waals surface area contributed by atoms with Crippen LogP contribution in [0.25, 0.3) is 0 Å². The van der Waals surface area contributed by atoms with Crippen LogP contribution < -0.4 is 11.1 Å². The molecule has 1 aromatic heterocycles. The molecule has 4 N–H and O–H groups in total. The molecular formula is C11H9ClN4OS. The third-order valence-electron chi connectivity index (χ3n) is 2.25. The third kappa shape index (κ3) is 2.66. The molecule has 1 heterocycles. The van der Waals surface area contributed by atoms with Gasteiger partial charge in [-0.15, -0.1) is 0 Å². The number of hydrogen-bond acceptors (Lipinski definition) is 3. The van der Waals surface area contributed by atoms with Gasteiger partial charge >= 0.3 is 0 Å². The van der Waals surface area contributed by atoms with E-state index >= 15 is 0 Å². The van der Waals surface area contributed by atoms with Crippen molar-refractivity contribution >= 4 is 40.5 Å². The maximum Gasteiger partial charge on any atom is 0.256 e. The number of amides is 1. The smallest absolute Gasteiger partial charge is 0.256 e. The van der Waals surface area contributed by atoms with Gasteiger partial charge in [0.25, 0.3) is 5.91 Å². The van der Waals surface area contributed by atoms with Crippen molar-refractivity contribution in [2.45, 2.75) is 0 Å². The van der Waals surface area contributed by atoms with E-state index in [0.717, 1.165) is 0 Å². The fraction of sp³-hybridized carbons (Fsp3) is 0. The van der Waals surface area contributed by atoms with Crippen LogP contribution in [0.3, 0.4) is 0 Å². The third-order valence-corrected chi connectivity index (χ3v) is 2.72. The Morgan fingerprint density at radius 2 is 2.06 bits per heavy atom. The lowest BCUT2D eigenvalue weighted by atomic mass is 10.2. The summed E-state index contributed by atoms with van der Waals surface area (Å²) < 4.78 is 0. The number of H-pyrrole nitrogens is 1. The topological polar surface area (TPSA) is 83.8 Å². The average Bonchev–Trinajstić information content (AvgIpc) is 2.78. The number of benzene rings is 1. The van der Waals surface area contributed by atoms with Crippen LogP contribution in [0.1, 0.15) is 15.9 Å². The second-order valence-electron chi connectivity index (χ2n) is 3.48. The summed E-state index contributed by atoms with van der Waals surface area (Å²) in [6.07, 6.45) is 1.46. The SMILES string of the molecule is NC(=S)c1cn[nH]c1NC(=O)c1ccc(Cl)cc1. The number of thiocarbonyl (C=S) groups is 1. The average molecular weight is 281 g/mol. The summed E-state index contributed by atoms with van der Waals surface area (Å²) in [6.45, 7) is 0. The standard InChI is InChI=1S/C11H9ClN4OS/c12-7-3-1-6(2-4-7)11(17)15-10-8(9(13)18)5-14-16-10/h1-5H,(H2,13,18)(H2,14,15,16,17). The van der Waals surface area contributed by atoms with E-state index in [9.17, 15) is 4.79 Å². The predicted octanol–water partition coefficient (Wildman–Crippen LogP) is 1.95. The Labute approximate surface area is 113 Å². The number of nitrogens with one attached hydrogen (secondary N) is 2. The van der Waals surface area contributed by atoms with E-state index in [1.807, 2.05) is 0 Å². The highest BCUT2D eigenvalue weighted by Crippen LogP contribution is 2.14. The first-order valence-electron chi connectivity index (χ1n) is 4.98. The van der Waals surface area contributed by atoms with Gasteiger partial charge in [0.05, 0.1) is 11.8 Å². The van der Waals surface area contributed by atoms with Crippen LogP contribution in [0, 0.1) is 0 Å². The molecule has 2 rings (SSSR count). The first kappa shape index (κ1) is 12.5. The van der Waals surface area contributed by atoms with Gasteiger partial charge in [-0.25, -0.2) is 0 Å². The molecule has 0 saturated heterocycles. The van der Waals surface area contributed by atoms with Crippen molar-refractivity contribution in [1.82, 2.24) is 10.2 Å². The maximum atomic E-state index is 11.9. The van der Waals surface area contributed by atoms with Crippen molar-refractivity contribution in [2.24, 2.45) is 5.73 Å². The second-order valence-corrected chi connectivity index (χ2v) is 4.36. The van der Waals surface area contributed by atoms with Crippen LogP contribution in [0.2, 0.25) is 5.02 Å². The molecule has 0 saturated carbocycles. The van der Waals surface area contributed by atoms with Gasteiger partial charge in [0.1, 0.15) is 10.8 Å². The molecule has 92 valence electrons. The van der Waals surface area contributed by atoms with E-state index in [4.69, 9.17) is 29.6 Å². The zero-order chi connectivity index (χ0) is 13.1. The van der Waals surface area contributed by atoms with Gasteiger partial charge in [0.2, 0.25) is 0 Å². The lowest BCUT2D eigenvalue weighted by molar-refractivity contribution is 0.102. The number of carbonyl (C=O) groups excluding carboxylic acids is 1. The Morgan fingerprint density at radius 1 is 1.39 bits per heavy atom. The van der Waals surface area contributed by atoms with Gasteiger partial charge < -0.3 is 11.1 Å². The molecular weight excluding hydrogens is 272 g/mol. The number of halogens is 1. The largest absolute Gasteiger partial charge is 0.389 e. The Hall–Kier alpha value is -1.92. The highest BCUT2D eigenvalue weighted by atomic mass is 35.5. The molecule has 0 bridgehead atoms. The Kier molecular flexibility index (Phi) is 3.59. The monoisotopic (exact) mass is 280 g/mol. The van der Waals surface area contributed by atoms with E-state index in [0.29, 0.717) is 22.0 Å². The number of hydrogen-bond donors (Lipinski definition) is 3. The van der Waals surface area contributed by atoms with Crippen LogP contribution in [0.4, 0.5) is 5.82 Å². The number of carbonyl (C=O) groups is 1. The summed E-state index contributed by atoms with van der Waals surface area (Å²) in [5.74, 6) is 0.0795. The molecule has 1 aromatic carbocycles. The van der Waals surface area contributed by atoms with Gasteiger partial charge in [0, 0.05) is 10.6 Å². The molecule has 0 atom stereocenters.